The van der Waals surface area contributed by atoms with Crippen molar-refractivity contribution in [1.29, 1.82) is 5.26 Å². The highest BCUT2D eigenvalue weighted by molar-refractivity contribution is 5.42. The highest BCUT2D eigenvalue weighted by Crippen LogP contribution is 2.29. The average Bonchev–Trinajstić information content (AvgIpc) is 2.34. The Morgan fingerprint density at radius 1 is 1.33 bits per heavy atom. The normalized spacial score (nSPS) is 14.7. The van der Waals surface area contributed by atoms with Gasteiger partial charge >= 0.3 is 0 Å². The van der Waals surface area contributed by atoms with Gasteiger partial charge < -0.3 is 10.5 Å². The van der Waals surface area contributed by atoms with Crippen LogP contribution in [0, 0.1) is 16.7 Å². The number of benzene rings is 1. The molecule has 0 heterocycles. The van der Waals surface area contributed by atoms with E-state index in [0.717, 1.165) is 6.42 Å². The maximum atomic E-state index is 9.07. The fourth-order valence-corrected chi connectivity index (χ4v) is 1.92. The van der Waals surface area contributed by atoms with Crippen molar-refractivity contribution in [2.75, 3.05) is 0 Å². The Balaban J connectivity index is 3.01. The van der Waals surface area contributed by atoms with E-state index in [0.29, 0.717) is 11.3 Å². The molecule has 0 aliphatic carbocycles. The van der Waals surface area contributed by atoms with Gasteiger partial charge in [-0.05, 0) is 18.6 Å². The molecule has 0 aliphatic rings. The van der Waals surface area contributed by atoms with Crippen LogP contribution in [0.4, 0.5) is 0 Å². The van der Waals surface area contributed by atoms with Crippen molar-refractivity contribution >= 4 is 0 Å². The number of hydrogen-bond donors (Lipinski definition) is 1. The van der Waals surface area contributed by atoms with E-state index in [1.807, 2.05) is 25.1 Å². The van der Waals surface area contributed by atoms with E-state index in [-0.39, 0.29) is 17.6 Å². The third kappa shape index (κ3) is 3.48. The summed E-state index contributed by atoms with van der Waals surface area (Å²) >= 11 is 0. The van der Waals surface area contributed by atoms with Gasteiger partial charge in [-0.1, -0.05) is 39.8 Å². The second-order valence-corrected chi connectivity index (χ2v) is 5.58. The van der Waals surface area contributed by atoms with Crippen LogP contribution >= 0.6 is 0 Å². The first kappa shape index (κ1) is 14.5. The molecule has 0 bridgehead atoms. The van der Waals surface area contributed by atoms with Gasteiger partial charge in [0.05, 0.1) is 5.56 Å². The largest absolute Gasteiger partial charge is 0.487 e. The lowest BCUT2D eigenvalue weighted by molar-refractivity contribution is 0.0619. The predicted molar refractivity (Wildman–Crippen MR) is 73.3 cm³/mol. The van der Waals surface area contributed by atoms with Crippen molar-refractivity contribution in [2.45, 2.75) is 46.3 Å². The minimum atomic E-state index is -0.114. The summed E-state index contributed by atoms with van der Waals surface area (Å²) in [6, 6.07) is 9.37. The quantitative estimate of drug-likeness (QED) is 0.888. The molecule has 3 heteroatoms. The van der Waals surface area contributed by atoms with Crippen LogP contribution in [0.5, 0.6) is 5.75 Å². The second-order valence-electron chi connectivity index (χ2n) is 5.58. The van der Waals surface area contributed by atoms with Gasteiger partial charge in [0, 0.05) is 11.5 Å². The molecule has 0 saturated carbocycles. The Morgan fingerprint density at radius 3 is 2.44 bits per heavy atom. The van der Waals surface area contributed by atoms with Gasteiger partial charge in [-0.3, -0.25) is 0 Å². The van der Waals surface area contributed by atoms with Crippen LogP contribution < -0.4 is 10.5 Å². The van der Waals surface area contributed by atoms with Crippen LogP contribution in [-0.2, 0) is 0 Å². The van der Waals surface area contributed by atoms with E-state index < -0.39 is 0 Å². The first-order valence-corrected chi connectivity index (χ1v) is 6.31. The topological polar surface area (TPSA) is 59.0 Å². The standard InChI is InChI=1S/C15H22N2O/c1-5-12(17)14(15(2,3)4)18-13-9-7-6-8-11(13)10-16/h6-9,12,14H,5,17H2,1-4H3. The van der Waals surface area contributed by atoms with E-state index >= 15 is 0 Å². The van der Waals surface area contributed by atoms with Crippen LogP contribution in [0.3, 0.4) is 0 Å². The van der Waals surface area contributed by atoms with Gasteiger partial charge in [-0.25, -0.2) is 0 Å². The molecule has 1 aromatic rings. The molecule has 0 radical (unpaired) electrons. The van der Waals surface area contributed by atoms with Gasteiger partial charge in [0.15, 0.2) is 0 Å². The number of rotatable bonds is 4. The zero-order valence-corrected chi connectivity index (χ0v) is 11.6. The fraction of sp³-hybridized carbons (Fsp3) is 0.533. The van der Waals surface area contributed by atoms with Crippen molar-refractivity contribution in [3.8, 4) is 11.8 Å². The van der Waals surface area contributed by atoms with Gasteiger partial charge in [0.2, 0.25) is 0 Å². The molecule has 2 N–H and O–H groups in total. The lowest BCUT2D eigenvalue weighted by Crippen LogP contribution is -2.47. The molecule has 3 nitrogen and oxygen atoms in total. The molecule has 18 heavy (non-hydrogen) atoms. The minimum absolute atomic E-state index is 0.0447. The van der Waals surface area contributed by atoms with Crippen molar-refractivity contribution in [3.05, 3.63) is 29.8 Å². The third-order valence-electron chi connectivity index (χ3n) is 2.98. The third-order valence-corrected chi connectivity index (χ3v) is 2.98. The Morgan fingerprint density at radius 2 is 1.94 bits per heavy atom. The summed E-state index contributed by atoms with van der Waals surface area (Å²) in [5.74, 6) is 0.615. The first-order chi connectivity index (χ1) is 8.40. The summed E-state index contributed by atoms with van der Waals surface area (Å²) in [7, 11) is 0. The molecule has 0 amide bonds. The second kappa shape index (κ2) is 5.88. The molecular weight excluding hydrogens is 224 g/mol. The first-order valence-electron chi connectivity index (χ1n) is 6.31. The van der Waals surface area contributed by atoms with Crippen molar-refractivity contribution in [1.82, 2.24) is 0 Å². The predicted octanol–water partition coefficient (Wildman–Crippen LogP) is 3.09. The number of nitriles is 1. The van der Waals surface area contributed by atoms with Gasteiger partial charge in [-0.15, -0.1) is 0 Å². The van der Waals surface area contributed by atoms with Crippen LogP contribution in [0.2, 0.25) is 0 Å². The lowest BCUT2D eigenvalue weighted by atomic mass is 9.84. The monoisotopic (exact) mass is 246 g/mol. The van der Waals surface area contributed by atoms with Crippen LogP contribution in [0.25, 0.3) is 0 Å². The van der Waals surface area contributed by atoms with Gasteiger partial charge in [0.1, 0.15) is 17.9 Å². The van der Waals surface area contributed by atoms with Gasteiger partial charge in [-0.2, -0.15) is 5.26 Å². The highest BCUT2D eigenvalue weighted by Gasteiger charge is 2.31. The SMILES string of the molecule is CCC(N)C(Oc1ccccc1C#N)C(C)(C)C. The molecular formula is C15H22N2O. The maximum Gasteiger partial charge on any atom is 0.137 e. The van der Waals surface area contributed by atoms with E-state index in [9.17, 15) is 0 Å². The highest BCUT2D eigenvalue weighted by atomic mass is 16.5. The van der Waals surface area contributed by atoms with E-state index in [1.54, 1.807) is 6.07 Å². The van der Waals surface area contributed by atoms with Gasteiger partial charge in [0.25, 0.3) is 0 Å². The minimum Gasteiger partial charge on any atom is -0.487 e. The zero-order valence-electron chi connectivity index (χ0n) is 11.6. The fourth-order valence-electron chi connectivity index (χ4n) is 1.92. The molecule has 98 valence electrons. The molecule has 0 aromatic heterocycles. The summed E-state index contributed by atoms with van der Waals surface area (Å²) in [4.78, 5) is 0. The average molecular weight is 246 g/mol. The number of hydrogen-bond acceptors (Lipinski definition) is 3. The Bertz CT molecular complexity index is 429. The lowest BCUT2D eigenvalue weighted by Gasteiger charge is -2.35. The number of ether oxygens (including phenoxy) is 1. The summed E-state index contributed by atoms with van der Waals surface area (Å²) in [5, 5.41) is 9.07. The molecule has 2 atom stereocenters. The van der Waals surface area contributed by atoms with Crippen molar-refractivity contribution < 1.29 is 4.74 Å². The molecule has 0 spiro atoms. The van der Waals surface area contributed by atoms with Crippen molar-refractivity contribution in [2.24, 2.45) is 11.1 Å². The molecule has 0 fully saturated rings. The Labute approximate surface area is 110 Å². The molecule has 2 unspecified atom stereocenters. The number of para-hydroxylation sites is 1. The van der Waals surface area contributed by atoms with E-state index in [1.165, 1.54) is 0 Å². The Kier molecular flexibility index (Phi) is 4.75. The summed E-state index contributed by atoms with van der Waals surface area (Å²) < 4.78 is 6.01. The van der Waals surface area contributed by atoms with Crippen molar-refractivity contribution in [3.63, 3.8) is 0 Å². The summed E-state index contributed by atoms with van der Waals surface area (Å²) in [5.41, 5.74) is 6.61. The maximum absolute atomic E-state index is 9.07. The van der Waals surface area contributed by atoms with Crippen LogP contribution in [0.1, 0.15) is 39.7 Å². The Hall–Kier alpha value is -1.53. The number of nitrogens with zero attached hydrogens (tertiary/aromatic N) is 1. The number of nitrogens with two attached hydrogens (primary N) is 1. The smallest absolute Gasteiger partial charge is 0.137 e. The van der Waals surface area contributed by atoms with Crippen LogP contribution in [-0.4, -0.2) is 12.1 Å². The van der Waals surface area contributed by atoms with E-state index in [2.05, 4.69) is 26.8 Å². The molecule has 1 aromatic carbocycles. The summed E-state index contributed by atoms with van der Waals surface area (Å²) in [6.45, 7) is 8.34. The van der Waals surface area contributed by atoms with Crippen LogP contribution in [0.15, 0.2) is 24.3 Å². The molecule has 0 aliphatic heterocycles. The summed E-state index contributed by atoms with van der Waals surface area (Å²) in [6.07, 6.45) is 0.730. The van der Waals surface area contributed by atoms with E-state index in [4.69, 9.17) is 15.7 Å². The zero-order chi connectivity index (χ0) is 13.8. The molecule has 0 saturated heterocycles. The molecule has 1 rings (SSSR count).